The Hall–Kier alpha value is -0.870. The normalized spacial score (nSPS) is 30.0. The summed E-state index contributed by atoms with van der Waals surface area (Å²) < 4.78 is 0. The van der Waals surface area contributed by atoms with Gasteiger partial charge in [-0.25, -0.2) is 0 Å². The van der Waals surface area contributed by atoms with E-state index in [0.717, 1.165) is 5.57 Å². The first-order valence-electron chi connectivity index (χ1n) is 5.73. The van der Waals surface area contributed by atoms with Crippen molar-refractivity contribution in [2.24, 2.45) is 5.92 Å². The van der Waals surface area contributed by atoms with Gasteiger partial charge in [0.2, 0.25) is 0 Å². The predicted octanol–water partition coefficient (Wildman–Crippen LogP) is 1.16. The van der Waals surface area contributed by atoms with Gasteiger partial charge >= 0.3 is 5.97 Å². The van der Waals surface area contributed by atoms with Crippen LogP contribution in [-0.4, -0.2) is 34.9 Å². The van der Waals surface area contributed by atoms with Crippen LogP contribution in [0.15, 0.2) is 12.2 Å². The van der Waals surface area contributed by atoms with E-state index in [1.807, 2.05) is 6.92 Å². The molecular formula is C12H21NO3. The Labute approximate surface area is 96.4 Å². The first-order valence-corrected chi connectivity index (χ1v) is 5.73. The quantitative estimate of drug-likeness (QED) is 0.616. The molecule has 16 heavy (non-hydrogen) atoms. The van der Waals surface area contributed by atoms with E-state index in [4.69, 9.17) is 5.11 Å². The van der Waals surface area contributed by atoms with Crippen molar-refractivity contribution in [3.8, 4) is 0 Å². The van der Waals surface area contributed by atoms with Crippen molar-refractivity contribution >= 4 is 5.97 Å². The lowest BCUT2D eigenvalue weighted by molar-refractivity contribution is -0.144. The number of hydrogen-bond acceptors (Lipinski definition) is 3. The molecule has 0 heterocycles. The van der Waals surface area contributed by atoms with E-state index in [9.17, 15) is 9.90 Å². The molecule has 0 amide bonds. The molecule has 1 aliphatic carbocycles. The highest BCUT2D eigenvalue weighted by Gasteiger charge is 2.35. The van der Waals surface area contributed by atoms with Crippen LogP contribution in [0.25, 0.3) is 0 Å². The molecule has 1 fully saturated rings. The van der Waals surface area contributed by atoms with Crippen LogP contribution >= 0.6 is 0 Å². The van der Waals surface area contributed by atoms with Gasteiger partial charge in [0, 0.05) is 13.1 Å². The third kappa shape index (κ3) is 3.94. The lowest BCUT2D eigenvalue weighted by Crippen LogP contribution is -2.44. The highest BCUT2D eigenvalue weighted by atomic mass is 16.4. The molecule has 0 atom stereocenters. The minimum absolute atomic E-state index is 0.276. The van der Waals surface area contributed by atoms with Crippen LogP contribution < -0.4 is 5.32 Å². The van der Waals surface area contributed by atoms with E-state index in [1.54, 1.807) is 0 Å². The van der Waals surface area contributed by atoms with Gasteiger partial charge in [-0.2, -0.15) is 0 Å². The summed E-state index contributed by atoms with van der Waals surface area (Å²) in [7, 11) is 0. The van der Waals surface area contributed by atoms with E-state index in [2.05, 4.69) is 11.9 Å². The summed E-state index contributed by atoms with van der Waals surface area (Å²) in [6.45, 7) is 6.92. The molecule has 3 N–H and O–H groups in total. The molecule has 0 aliphatic heterocycles. The van der Waals surface area contributed by atoms with Crippen LogP contribution in [0.3, 0.4) is 0 Å². The molecule has 0 saturated heterocycles. The molecule has 4 nitrogen and oxygen atoms in total. The first-order chi connectivity index (χ1) is 7.43. The molecule has 0 radical (unpaired) electrons. The van der Waals surface area contributed by atoms with Crippen LogP contribution in [0.2, 0.25) is 0 Å². The van der Waals surface area contributed by atoms with Crippen molar-refractivity contribution < 1.29 is 15.0 Å². The second kappa shape index (κ2) is 5.46. The van der Waals surface area contributed by atoms with Crippen molar-refractivity contribution in [1.29, 1.82) is 0 Å². The molecule has 0 aromatic heterocycles. The second-order valence-corrected chi connectivity index (χ2v) is 4.90. The summed E-state index contributed by atoms with van der Waals surface area (Å²) in [4.78, 5) is 10.8. The van der Waals surface area contributed by atoms with Gasteiger partial charge in [-0.1, -0.05) is 12.2 Å². The van der Waals surface area contributed by atoms with Crippen molar-refractivity contribution in [3.05, 3.63) is 12.2 Å². The molecule has 0 aromatic carbocycles. The molecule has 0 aromatic rings. The molecule has 0 spiro atoms. The zero-order valence-corrected chi connectivity index (χ0v) is 9.83. The van der Waals surface area contributed by atoms with Crippen LogP contribution in [0, 0.1) is 5.92 Å². The Kier molecular flexibility index (Phi) is 4.50. The lowest BCUT2D eigenvalue weighted by atomic mass is 9.79. The zero-order chi connectivity index (χ0) is 12.2. The minimum atomic E-state index is -0.739. The highest BCUT2D eigenvalue weighted by molar-refractivity contribution is 5.70. The molecule has 1 aliphatic rings. The number of carbonyl (C=O) groups is 1. The SMILES string of the molecule is C=C(C)CNCC1(O)CCC(C(=O)O)CC1. The number of aliphatic carboxylic acids is 1. The standard InChI is InChI=1S/C12H21NO3/c1-9(2)7-13-8-12(16)5-3-10(4-6-12)11(14)15/h10,13,16H,1,3-8H2,2H3,(H,14,15). The average Bonchev–Trinajstić information content (AvgIpc) is 2.17. The third-order valence-corrected chi connectivity index (χ3v) is 3.15. The number of rotatable bonds is 5. The fourth-order valence-electron chi connectivity index (χ4n) is 2.09. The predicted molar refractivity (Wildman–Crippen MR) is 62.2 cm³/mol. The largest absolute Gasteiger partial charge is 0.481 e. The van der Waals surface area contributed by atoms with Crippen molar-refractivity contribution in [1.82, 2.24) is 5.32 Å². The molecule has 92 valence electrons. The molecule has 1 saturated carbocycles. The lowest BCUT2D eigenvalue weighted by Gasteiger charge is -2.34. The van der Waals surface area contributed by atoms with Gasteiger partial charge in [-0.15, -0.1) is 0 Å². The summed E-state index contributed by atoms with van der Waals surface area (Å²) in [5.74, 6) is -1.02. The van der Waals surface area contributed by atoms with E-state index < -0.39 is 11.6 Å². The van der Waals surface area contributed by atoms with Crippen LogP contribution in [0.1, 0.15) is 32.6 Å². The fourth-order valence-corrected chi connectivity index (χ4v) is 2.09. The average molecular weight is 227 g/mol. The topological polar surface area (TPSA) is 69.6 Å². The number of nitrogens with one attached hydrogen (secondary N) is 1. The Morgan fingerprint density at radius 2 is 2.06 bits per heavy atom. The van der Waals surface area contributed by atoms with E-state index in [0.29, 0.717) is 38.8 Å². The maximum atomic E-state index is 10.8. The first kappa shape index (κ1) is 13.2. The summed E-state index contributed by atoms with van der Waals surface area (Å²) in [6.07, 6.45) is 2.27. The minimum Gasteiger partial charge on any atom is -0.481 e. The number of carboxylic acids is 1. The van der Waals surface area contributed by atoms with Crippen molar-refractivity contribution in [2.45, 2.75) is 38.2 Å². The van der Waals surface area contributed by atoms with Crippen molar-refractivity contribution in [2.75, 3.05) is 13.1 Å². The van der Waals surface area contributed by atoms with Gasteiger partial charge in [-0.3, -0.25) is 4.79 Å². The third-order valence-electron chi connectivity index (χ3n) is 3.15. The fraction of sp³-hybridized carbons (Fsp3) is 0.750. The molecular weight excluding hydrogens is 206 g/mol. The van der Waals surface area contributed by atoms with Crippen LogP contribution in [0.4, 0.5) is 0 Å². The van der Waals surface area contributed by atoms with Gasteiger partial charge in [0.05, 0.1) is 11.5 Å². The highest BCUT2D eigenvalue weighted by Crippen LogP contribution is 2.31. The zero-order valence-electron chi connectivity index (χ0n) is 9.83. The molecule has 0 bridgehead atoms. The Morgan fingerprint density at radius 3 is 2.50 bits per heavy atom. The second-order valence-electron chi connectivity index (χ2n) is 4.90. The summed E-state index contributed by atoms with van der Waals surface area (Å²) in [5, 5.41) is 22.2. The van der Waals surface area contributed by atoms with Gasteiger partial charge < -0.3 is 15.5 Å². The Bertz CT molecular complexity index is 262. The van der Waals surface area contributed by atoms with E-state index in [1.165, 1.54) is 0 Å². The maximum Gasteiger partial charge on any atom is 0.306 e. The Balaban J connectivity index is 2.32. The van der Waals surface area contributed by atoms with Crippen LogP contribution in [-0.2, 0) is 4.79 Å². The smallest absolute Gasteiger partial charge is 0.306 e. The molecule has 0 unspecified atom stereocenters. The van der Waals surface area contributed by atoms with Crippen LogP contribution in [0.5, 0.6) is 0 Å². The molecule has 4 heteroatoms. The summed E-state index contributed by atoms with van der Waals surface area (Å²) in [5.41, 5.74) is 0.296. The maximum absolute atomic E-state index is 10.8. The summed E-state index contributed by atoms with van der Waals surface area (Å²) in [6, 6.07) is 0. The van der Waals surface area contributed by atoms with Gasteiger partial charge in [0.25, 0.3) is 0 Å². The number of hydrogen-bond donors (Lipinski definition) is 3. The number of carboxylic acid groups (broad SMARTS) is 1. The van der Waals surface area contributed by atoms with E-state index in [-0.39, 0.29) is 5.92 Å². The summed E-state index contributed by atoms with van der Waals surface area (Å²) >= 11 is 0. The number of aliphatic hydroxyl groups is 1. The van der Waals surface area contributed by atoms with Gasteiger partial charge in [0.1, 0.15) is 0 Å². The monoisotopic (exact) mass is 227 g/mol. The molecule has 1 rings (SSSR count). The van der Waals surface area contributed by atoms with Gasteiger partial charge in [-0.05, 0) is 32.6 Å². The van der Waals surface area contributed by atoms with Gasteiger partial charge in [0.15, 0.2) is 0 Å². The van der Waals surface area contributed by atoms with Crippen molar-refractivity contribution in [3.63, 3.8) is 0 Å². The Morgan fingerprint density at radius 1 is 1.50 bits per heavy atom. The van der Waals surface area contributed by atoms with E-state index >= 15 is 0 Å².